The van der Waals surface area contributed by atoms with Gasteiger partial charge in [-0.05, 0) is 87.3 Å². The van der Waals surface area contributed by atoms with Crippen molar-refractivity contribution in [2.45, 2.75) is 76.7 Å². The molecule has 1 aromatic carbocycles. The molecule has 5 nitrogen and oxygen atoms in total. The number of carbonyl (C=O) groups is 2. The first-order valence-corrected chi connectivity index (χ1v) is 12.4. The Labute approximate surface area is 186 Å². The van der Waals surface area contributed by atoms with Crippen molar-refractivity contribution in [3.05, 3.63) is 23.8 Å². The molecule has 0 saturated heterocycles. The number of carbonyl (C=O) groups excluding carboxylic acids is 2. The molecule has 0 atom stereocenters. The normalized spacial score (nSPS) is 32.0. The third-order valence-electron chi connectivity index (χ3n) is 8.44. The molecule has 0 aliphatic heterocycles. The van der Waals surface area contributed by atoms with Crippen LogP contribution in [0.1, 0.15) is 81.0 Å². The van der Waals surface area contributed by atoms with Crippen LogP contribution in [0, 0.1) is 23.2 Å². The lowest BCUT2D eigenvalue weighted by Crippen LogP contribution is -2.51. The fraction of sp³-hybridized carbons (Fsp3) is 0.692. The Morgan fingerprint density at radius 1 is 0.935 bits per heavy atom. The van der Waals surface area contributed by atoms with E-state index in [1.54, 1.807) is 0 Å². The van der Waals surface area contributed by atoms with Crippen molar-refractivity contribution in [3.8, 4) is 0 Å². The van der Waals surface area contributed by atoms with Crippen molar-refractivity contribution >= 4 is 23.2 Å². The number of anilines is 2. The molecule has 5 heteroatoms. The highest BCUT2D eigenvalue weighted by molar-refractivity contribution is 6.03. The van der Waals surface area contributed by atoms with E-state index in [-0.39, 0.29) is 23.3 Å². The van der Waals surface area contributed by atoms with Gasteiger partial charge in [-0.25, -0.2) is 0 Å². The first kappa shape index (κ1) is 20.8. The van der Waals surface area contributed by atoms with Crippen molar-refractivity contribution in [1.29, 1.82) is 0 Å². The molecule has 31 heavy (non-hydrogen) atoms. The highest BCUT2D eigenvalue weighted by atomic mass is 16.2. The van der Waals surface area contributed by atoms with E-state index in [2.05, 4.69) is 10.6 Å². The zero-order chi connectivity index (χ0) is 21.6. The van der Waals surface area contributed by atoms with Crippen LogP contribution in [0.5, 0.6) is 0 Å². The second-order valence-corrected chi connectivity index (χ2v) is 11.1. The molecular weight excluding hydrogens is 386 g/mol. The zero-order valence-corrected chi connectivity index (χ0v) is 19.1. The molecule has 5 saturated carbocycles. The average molecular weight is 424 g/mol. The number of benzene rings is 1. The Hall–Kier alpha value is -2.04. The summed E-state index contributed by atoms with van der Waals surface area (Å²) < 4.78 is 0. The van der Waals surface area contributed by atoms with Gasteiger partial charge in [0.25, 0.3) is 5.91 Å². The smallest absolute Gasteiger partial charge is 0.253 e. The topological polar surface area (TPSA) is 61.4 Å². The van der Waals surface area contributed by atoms with Crippen LogP contribution >= 0.6 is 0 Å². The summed E-state index contributed by atoms with van der Waals surface area (Å²) in [5, 5.41) is 6.47. The zero-order valence-electron chi connectivity index (χ0n) is 19.1. The largest absolute Gasteiger partial charge is 0.377 e. The standard InChI is InChI=1S/C26H37N3O2/c1-29(2)23-9-8-21(13-22(23)24(30)27-20-6-4-3-5-7-20)28-25(31)26-14-17-10-18(15-26)12-19(11-17)16-26/h8-9,13,17-20H,3-7,10-12,14-16H2,1-2H3,(H,27,30)(H,28,31). The summed E-state index contributed by atoms with van der Waals surface area (Å²) in [7, 11) is 3.92. The second-order valence-electron chi connectivity index (χ2n) is 11.1. The number of hydrogen-bond acceptors (Lipinski definition) is 3. The minimum atomic E-state index is -0.181. The highest BCUT2D eigenvalue weighted by Crippen LogP contribution is 2.60. The van der Waals surface area contributed by atoms with E-state index in [9.17, 15) is 9.59 Å². The summed E-state index contributed by atoms with van der Waals surface area (Å²) in [5.74, 6) is 2.38. The number of nitrogens with one attached hydrogen (secondary N) is 2. The molecule has 2 N–H and O–H groups in total. The van der Waals surface area contributed by atoms with E-state index in [0.29, 0.717) is 5.56 Å². The van der Waals surface area contributed by atoms with Gasteiger partial charge in [0.1, 0.15) is 0 Å². The minimum Gasteiger partial charge on any atom is -0.377 e. The Bertz CT molecular complexity index is 821. The van der Waals surface area contributed by atoms with Gasteiger partial charge >= 0.3 is 0 Å². The van der Waals surface area contributed by atoms with Crippen LogP contribution in [-0.2, 0) is 4.79 Å². The molecule has 2 amide bonds. The van der Waals surface area contributed by atoms with Gasteiger partial charge < -0.3 is 15.5 Å². The van der Waals surface area contributed by atoms with E-state index >= 15 is 0 Å². The maximum atomic E-state index is 13.5. The number of nitrogens with zero attached hydrogens (tertiary/aromatic N) is 1. The Kier molecular flexibility index (Phi) is 5.47. The SMILES string of the molecule is CN(C)c1ccc(NC(=O)C23CC4CC(CC(C4)C2)C3)cc1C(=O)NC1CCCCC1. The molecule has 0 unspecified atom stereocenters. The molecular formula is C26H37N3O2. The van der Waals surface area contributed by atoms with Crippen LogP contribution in [-0.4, -0.2) is 32.0 Å². The van der Waals surface area contributed by atoms with E-state index in [1.165, 1.54) is 38.5 Å². The minimum absolute atomic E-state index is 0.0264. The number of amides is 2. The molecule has 5 aliphatic rings. The summed E-state index contributed by atoms with van der Waals surface area (Å²) in [6, 6.07) is 6.06. The molecule has 0 heterocycles. The van der Waals surface area contributed by atoms with E-state index in [1.807, 2.05) is 37.2 Å². The van der Waals surface area contributed by atoms with Crippen molar-refractivity contribution in [2.24, 2.45) is 23.2 Å². The van der Waals surface area contributed by atoms with Crippen molar-refractivity contribution in [3.63, 3.8) is 0 Å². The maximum Gasteiger partial charge on any atom is 0.253 e. The Morgan fingerprint density at radius 2 is 1.55 bits per heavy atom. The van der Waals surface area contributed by atoms with E-state index in [4.69, 9.17) is 0 Å². The summed E-state index contributed by atoms with van der Waals surface area (Å²) in [6.07, 6.45) is 12.9. The van der Waals surface area contributed by atoms with Crippen molar-refractivity contribution < 1.29 is 9.59 Å². The van der Waals surface area contributed by atoms with Gasteiger partial charge in [0.05, 0.1) is 11.0 Å². The Morgan fingerprint density at radius 3 is 2.13 bits per heavy atom. The lowest BCUT2D eigenvalue weighted by molar-refractivity contribution is -0.140. The first-order valence-electron chi connectivity index (χ1n) is 12.4. The van der Waals surface area contributed by atoms with E-state index < -0.39 is 0 Å². The fourth-order valence-corrected chi connectivity index (χ4v) is 7.35. The van der Waals surface area contributed by atoms with Gasteiger partial charge in [-0.2, -0.15) is 0 Å². The quantitative estimate of drug-likeness (QED) is 0.703. The predicted octanol–water partition coefficient (Wildman–Crippen LogP) is 4.97. The lowest BCUT2D eigenvalue weighted by Gasteiger charge is -2.55. The lowest BCUT2D eigenvalue weighted by atomic mass is 9.49. The average Bonchev–Trinajstić information content (AvgIpc) is 2.73. The van der Waals surface area contributed by atoms with Gasteiger partial charge in [0.15, 0.2) is 0 Å². The fourth-order valence-electron chi connectivity index (χ4n) is 7.35. The summed E-state index contributed by atoms with van der Waals surface area (Å²) in [4.78, 5) is 28.6. The predicted molar refractivity (Wildman–Crippen MR) is 124 cm³/mol. The Balaban J connectivity index is 1.34. The summed E-state index contributed by atoms with van der Waals surface area (Å²) >= 11 is 0. The van der Waals surface area contributed by atoms with Gasteiger partial charge in [0, 0.05) is 31.5 Å². The van der Waals surface area contributed by atoms with E-state index in [0.717, 1.165) is 61.2 Å². The molecule has 0 aromatic heterocycles. The molecule has 0 spiro atoms. The van der Waals surface area contributed by atoms with Crippen LogP contribution in [0.4, 0.5) is 11.4 Å². The second kappa shape index (κ2) is 8.14. The summed E-state index contributed by atoms with van der Waals surface area (Å²) in [5.41, 5.74) is 2.11. The van der Waals surface area contributed by atoms with Crippen molar-refractivity contribution in [1.82, 2.24) is 5.32 Å². The van der Waals surface area contributed by atoms with Gasteiger partial charge in [-0.1, -0.05) is 19.3 Å². The van der Waals surface area contributed by atoms with Gasteiger partial charge in [-0.15, -0.1) is 0 Å². The molecule has 168 valence electrons. The third-order valence-corrected chi connectivity index (χ3v) is 8.44. The monoisotopic (exact) mass is 423 g/mol. The summed E-state index contributed by atoms with van der Waals surface area (Å²) in [6.45, 7) is 0. The first-order chi connectivity index (χ1) is 14.9. The van der Waals surface area contributed by atoms with Gasteiger partial charge in [-0.3, -0.25) is 9.59 Å². The molecule has 0 radical (unpaired) electrons. The van der Waals surface area contributed by atoms with Crippen LogP contribution in [0.3, 0.4) is 0 Å². The van der Waals surface area contributed by atoms with Crippen LogP contribution in [0.2, 0.25) is 0 Å². The maximum absolute atomic E-state index is 13.5. The number of hydrogen-bond donors (Lipinski definition) is 2. The molecule has 5 aliphatic carbocycles. The van der Waals surface area contributed by atoms with Crippen LogP contribution in [0.25, 0.3) is 0 Å². The number of rotatable bonds is 5. The van der Waals surface area contributed by atoms with Crippen LogP contribution < -0.4 is 15.5 Å². The third kappa shape index (κ3) is 4.08. The molecule has 6 rings (SSSR count). The van der Waals surface area contributed by atoms with Crippen LogP contribution in [0.15, 0.2) is 18.2 Å². The van der Waals surface area contributed by atoms with Crippen molar-refractivity contribution in [2.75, 3.05) is 24.3 Å². The molecule has 5 fully saturated rings. The highest BCUT2D eigenvalue weighted by Gasteiger charge is 2.54. The molecule has 4 bridgehead atoms. The molecule has 1 aromatic rings. The van der Waals surface area contributed by atoms with Gasteiger partial charge in [0.2, 0.25) is 5.91 Å².